The molecule has 3 aromatic rings. The molecular weight excluding hydrogens is 598 g/mol. The normalized spacial score (nSPS) is 11.0. The van der Waals surface area contributed by atoms with Crippen LogP contribution in [0.3, 0.4) is 0 Å². The minimum absolute atomic E-state index is 0.0210. The fourth-order valence-corrected chi connectivity index (χ4v) is 4.30. The Balaban J connectivity index is 1.82. The van der Waals surface area contributed by atoms with Gasteiger partial charge in [-0.25, -0.2) is 0 Å². The molecule has 0 heterocycles. The van der Waals surface area contributed by atoms with Gasteiger partial charge in [0.05, 0.1) is 20.2 Å². The smallest absolute Gasteiger partial charge is 0.266 e. The molecule has 1 N–H and O–H groups in total. The van der Waals surface area contributed by atoms with E-state index in [-0.39, 0.29) is 12.2 Å². The van der Waals surface area contributed by atoms with Crippen molar-refractivity contribution in [3.63, 3.8) is 0 Å². The molecular formula is C27H23Cl2IN2O3. The molecule has 0 aromatic heterocycles. The minimum Gasteiger partial charge on any atom is -0.490 e. The molecule has 0 saturated carbocycles. The largest absolute Gasteiger partial charge is 0.490 e. The van der Waals surface area contributed by atoms with Gasteiger partial charge in [-0.3, -0.25) is 4.79 Å². The second-order valence-electron chi connectivity index (χ2n) is 7.47. The first-order valence-corrected chi connectivity index (χ1v) is 12.7. The van der Waals surface area contributed by atoms with Gasteiger partial charge < -0.3 is 14.8 Å². The molecule has 0 fully saturated rings. The SMILES string of the molecule is CCOc1cc(/C=C(/C#N)C(=O)Nc2ccc(CC)cc2)cc(I)c1OCc1ccc(Cl)c(Cl)c1. The average molecular weight is 621 g/mol. The molecule has 0 atom stereocenters. The first-order chi connectivity index (χ1) is 16.8. The minimum atomic E-state index is -0.482. The molecule has 0 aliphatic rings. The number of aryl methyl sites for hydroxylation is 1. The van der Waals surface area contributed by atoms with Gasteiger partial charge in [-0.2, -0.15) is 5.26 Å². The quantitative estimate of drug-likeness (QED) is 0.151. The highest BCUT2D eigenvalue weighted by molar-refractivity contribution is 14.1. The summed E-state index contributed by atoms with van der Waals surface area (Å²) in [5.74, 6) is 0.595. The van der Waals surface area contributed by atoms with Gasteiger partial charge in [0.15, 0.2) is 11.5 Å². The summed E-state index contributed by atoms with van der Waals surface area (Å²) in [6.45, 7) is 4.62. The lowest BCUT2D eigenvalue weighted by Crippen LogP contribution is -2.13. The van der Waals surface area contributed by atoms with Crippen molar-refractivity contribution in [2.75, 3.05) is 11.9 Å². The number of benzene rings is 3. The van der Waals surface area contributed by atoms with Crippen molar-refractivity contribution in [1.29, 1.82) is 5.26 Å². The molecule has 0 spiro atoms. The van der Waals surface area contributed by atoms with E-state index in [4.69, 9.17) is 32.7 Å². The number of carbonyl (C=O) groups is 1. The maximum absolute atomic E-state index is 12.7. The molecule has 5 nitrogen and oxygen atoms in total. The van der Waals surface area contributed by atoms with Gasteiger partial charge >= 0.3 is 0 Å². The lowest BCUT2D eigenvalue weighted by atomic mass is 10.1. The van der Waals surface area contributed by atoms with Crippen LogP contribution in [-0.4, -0.2) is 12.5 Å². The van der Waals surface area contributed by atoms with Crippen molar-refractivity contribution < 1.29 is 14.3 Å². The summed E-state index contributed by atoms with van der Waals surface area (Å²) in [4.78, 5) is 12.7. The van der Waals surface area contributed by atoms with Crippen LogP contribution in [0.1, 0.15) is 30.5 Å². The maximum atomic E-state index is 12.7. The van der Waals surface area contributed by atoms with Crippen molar-refractivity contribution in [2.45, 2.75) is 26.9 Å². The molecule has 3 rings (SSSR count). The zero-order valence-electron chi connectivity index (χ0n) is 19.2. The van der Waals surface area contributed by atoms with E-state index in [0.717, 1.165) is 15.6 Å². The van der Waals surface area contributed by atoms with Crippen LogP contribution in [0, 0.1) is 14.9 Å². The number of nitriles is 1. The number of amides is 1. The van der Waals surface area contributed by atoms with Crippen LogP contribution in [0.4, 0.5) is 5.69 Å². The van der Waals surface area contributed by atoms with Gasteiger partial charge in [0.25, 0.3) is 5.91 Å². The van der Waals surface area contributed by atoms with Gasteiger partial charge in [-0.15, -0.1) is 0 Å². The van der Waals surface area contributed by atoms with Crippen LogP contribution >= 0.6 is 45.8 Å². The van der Waals surface area contributed by atoms with Crippen LogP contribution in [0.5, 0.6) is 11.5 Å². The van der Waals surface area contributed by atoms with Gasteiger partial charge in [-0.1, -0.05) is 48.3 Å². The Bertz CT molecular complexity index is 1280. The van der Waals surface area contributed by atoms with Crippen molar-refractivity contribution in [1.82, 2.24) is 0 Å². The molecule has 0 bridgehead atoms. The fraction of sp³-hybridized carbons (Fsp3) is 0.185. The monoisotopic (exact) mass is 620 g/mol. The molecule has 1 amide bonds. The Morgan fingerprint density at radius 2 is 1.74 bits per heavy atom. The molecule has 0 aliphatic heterocycles. The third-order valence-electron chi connectivity index (χ3n) is 5.00. The lowest BCUT2D eigenvalue weighted by Gasteiger charge is -2.15. The van der Waals surface area contributed by atoms with E-state index in [1.54, 1.807) is 18.2 Å². The van der Waals surface area contributed by atoms with Gasteiger partial charge in [0.2, 0.25) is 0 Å². The number of hydrogen-bond acceptors (Lipinski definition) is 4. The lowest BCUT2D eigenvalue weighted by molar-refractivity contribution is -0.112. The van der Waals surface area contributed by atoms with Gasteiger partial charge in [0, 0.05) is 5.69 Å². The summed E-state index contributed by atoms with van der Waals surface area (Å²) < 4.78 is 12.6. The number of nitrogens with one attached hydrogen (secondary N) is 1. The number of hydrogen-bond donors (Lipinski definition) is 1. The van der Waals surface area contributed by atoms with Crippen molar-refractivity contribution >= 4 is 63.5 Å². The number of carbonyl (C=O) groups excluding carboxylic acids is 1. The topological polar surface area (TPSA) is 71.3 Å². The first-order valence-electron chi connectivity index (χ1n) is 10.9. The second-order valence-corrected chi connectivity index (χ2v) is 9.45. The molecule has 0 aliphatic carbocycles. The Morgan fingerprint density at radius 1 is 1.03 bits per heavy atom. The Kier molecular flexibility index (Phi) is 9.84. The first kappa shape index (κ1) is 26.9. The van der Waals surface area contributed by atoms with E-state index < -0.39 is 5.91 Å². The van der Waals surface area contributed by atoms with Gasteiger partial charge in [0.1, 0.15) is 18.2 Å². The van der Waals surface area contributed by atoms with E-state index in [9.17, 15) is 10.1 Å². The number of nitrogens with zero attached hydrogens (tertiary/aromatic N) is 1. The summed E-state index contributed by atoms with van der Waals surface area (Å²) >= 11 is 14.2. The third kappa shape index (κ3) is 7.38. The highest BCUT2D eigenvalue weighted by Crippen LogP contribution is 2.36. The van der Waals surface area contributed by atoms with Gasteiger partial charge in [-0.05, 0) is 95.1 Å². The van der Waals surface area contributed by atoms with E-state index in [0.29, 0.717) is 39.4 Å². The molecule has 8 heteroatoms. The molecule has 35 heavy (non-hydrogen) atoms. The van der Waals surface area contributed by atoms with E-state index >= 15 is 0 Å². The molecule has 180 valence electrons. The number of rotatable bonds is 9. The highest BCUT2D eigenvalue weighted by Gasteiger charge is 2.15. The van der Waals surface area contributed by atoms with Crippen LogP contribution in [0.15, 0.2) is 60.2 Å². The van der Waals surface area contributed by atoms with Crippen molar-refractivity contribution in [3.8, 4) is 17.6 Å². The average Bonchev–Trinajstić information content (AvgIpc) is 2.84. The summed E-state index contributed by atoms with van der Waals surface area (Å²) in [7, 11) is 0. The standard InChI is InChI=1S/C27H23Cl2IN2O3/c1-3-17-5-8-21(9-6-17)32-27(33)20(15-31)11-19-13-24(30)26(25(14-19)34-4-2)35-16-18-7-10-22(28)23(29)12-18/h5-14H,3-4,16H2,1-2H3,(H,32,33)/b20-11-. The maximum Gasteiger partial charge on any atom is 0.266 e. The Labute approximate surface area is 228 Å². The number of anilines is 1. The Hall–Kier alpha value is -2.73. The number of ether oxygens (including phenoxy) is 2. The van der Waals surface area contributed by atoms with E-state index in [1.165, 1.54) is 11.6 Å². The van der Waals surface area contributed by atoms with E-state index in [1.807, 2.05) is 49.4 Å². The summed E-state index contributed by atoms with van der Waals surface area (Å²) in [6.07, 6.45) is 2.44. The molecule has 3 aromatic carbocycles. The third-order valence-corrected chi connectivity index (χ3v) is 6.54. The van der Waals surface area contributed by atoms with E-state index in [2.05, 4.69) is 34.8 Å². The summed E-state index contributed by atoms with van der Waals surface area (Å²) in [6, 6.07) is 18.4. The zero-order valence-corrected chi connectivity index (χ0v) is 22.9. The summed E-state index contributed by atoms with van der Waals surface area (Å²) in [5, 5.41) is 13.3. The predicted molar refractivity (Wildman–Crippen MR) is 149 cm³/mol. The predicted octanol–water partition coefficient (Wildman–Crippen LogP) is 7.68. The molecule has 0 unspecified atom stereocenters. The van der Waals surface area contributed by atoms with Crippen molar-refractivity contribution in [3.05, 3.63) is 90.5 Å². The summed E-state index contributed by atoms with van der Waals surface area (Å²) in [5.41, 5.74) is 3.28. The second kappa shape index (κ2) is 12.8. The fourth-order valence-electron chi connectivity index (χ4n) is 3.20. The van der Waals surface area contributed by atoms with Crippen molar-refractivity contribution in [2.24, 2.45) is 0 Å². The van der Waals surface area contributed by atoms with Crippen LogP contribution in [0.25, 0.3) is 6.08 Å². The van der Waals surface area contributed by atoms with Crippen LogP contribution in [-0.2, 0) is 17.8 Å². The molecule has 0 saturated heterocycles. The molecule has 0 radical (unpaired) electrons. The zero-order chi connectivity index (χ0) is 25.4. The number of halogens is 3. The Morgan fingerprint density at radius 3 is 2.37 bits per heavy atom. The highest BCUT2D eigenvalue weighted by atomic mass is 127. The van der Waals surface area contributed by atoms with Crippen LogP contribution < -0.4 is 14.8 Å². The van der Waals surface area contributed by atoms with Crippen LogP contribution in [0.2, 0.25) is 10.0 Å².